The Hall–Kier alpha value is -1.39. The lowest BCUT2D eigenvalue weighted by Crippen LogP contribution is -2.11. The van der Waals surface area contributed by atoms with Crippen molar-refractivity contribution in [1.29, 1.82) is 0 Å². The number of rotatable bonds is 2. The molecular formula is C10H12N2O2. The highest BCUT2D eigenvalue weighted by molar-refractivity contribution is 5.73. The predicted molar refractivity (Wildman–Crippen MR) is 52.7 cm³/mol. The van der Waals surface area contributed by atoms with Gasteiger partial charge in [-0.15, -0.1) is 0 Å². The fourth-order valence-electron chi connectivity index (χ4n) is 1.37. The van der Waals surface area contributed by atoms with Gasteiger partial charge in [0, 0.05) is 14.0 Å². The summed E-state index contributed by atoms with van der Waals surface area (Å²) in [7, 11) is 1.57. The molecule has 0 saturated heterocycles. The zero-order chi connectivity index (χ0) is 10.1. The lowest BCUT2D eigenvalue weighted by Gasteiger charge is -2.08. The van der Waals surface area contributed by atoms with Crippen molar-refractivity contribution >= 4 is 11.1 Å². The summed E-state index contributed by atoms with van der Waals surface area (Å²) in [5.74, 6) is 0.656. The van der Waals surface area contributed by atoms with E-state index in [-0.39, 0.29) is 0 Å². The molecule has 0 aliphatic heterocycles. The lowest BCUT2D eigenvalue weighted by molar-refractivity contribution is 0.109. The summed E-state index contributed by atoms with van der Waals surface area (Å²) in [4.78, 5) is 4.21. The monoisotopic (exact) mass is 192 g/mol. The van der Waals surface area contributed by atoms with Crippen LogP contribution in [0.3, 0.4) is 0 Å². The molecule has 2 N–H and O–H groups in total. The van der Waals surface area contributed by atoms with Crippen LogP contribution in [0.15, 0.2) is 22.6 Å². The van der Waals surface area contributed by atoms with E-state index >= 15 is 0 Å². The highest BCUT2D eigenvalue weighted by Crippen LogP contribution is 2.19. The number of aryl methyl sites for hydroxylation is 1. The largest absolute Gasteiger partial charge is 0.441 e. The van der Waals surface area contributed by atoms with Gasteiger partial charge in [0.25, 0.3) is 0 Å². The van der Waals surface area contributed by atoms with Gasteiger partial charge < -0.3 is 14.9 Å². The van der Waals surface area contributed by atoms with E-state index in [0.29, 0.717) is 5.89 Å². The van der Waals surface area contributed by atoms with Gasteiger partial charge in [0.15, 0.2) is 11.5 Å². The molecule has 1 aromatic heterocycles. The first-order chi connectivity index (χ1) is 6.70. The highest BCUT2D eigenvalue weighted by atomic mass is 16.5. The van der Waals surface area contributed by atoms with E-state index in [1.54, 1.807) is 7.11 Å². The number of hydrogen-bond acceptors (Lipinski definition) is 4. The molecule has 0 amide bonds. The average Bonchev–Trinajstić information content (AvgIpc) is 2.55. The van der Waals surface area contributed by atoms with E-state index < -0.39 is 6.23 Å². The van der Waals surface area contributed by atoms with Crippen molar-refractivity contribution in [2.24, 2.45) is 5.73 Å². The second kappa shape index (κ2) is 3.40. The van der Waals surface area contributed by atoms with Gasteiger partial charge in [-0.1, -0.05) is 6.07 Å². The van der Waals surface area contributed by atoms with Crippen LogP contribution in [-0.2, 0) is 4.74 Å². The van der Waals surface area contributed by atoms with Crippen LogP contribution in [0.2, 0.25) is 0 Å². The number of methoxy groups -OCH3 is 1. The zero-order valence-electron chi connectivity index (χ0n) is 8.15. The number of oxazole rings is 1. The van der Waals surface area contributed by atoms with Crippen LogP contribution in [0.25, 0.3) is 11.1 Å². The number of nitrogens with zero attached hydrogens (tertiary/aromatic N) is 1. The van der Waals surface area contributed by atoms with E-state index in [2.05, 4.69) is 4.98 Å². The molecule has 1 heterocycles. The molecule has 14 heavy (non-hydrogen) atoms. The predicted octanol–water partition coefficient (Wildman–Crippen LogP) is 1.74. The third-order valence-corrected chi connectivity index (χ3v) is 2.10. The van der Waals surface area contributed by atoms with Crippen molar-refractivity contribution in [3.63, 3.8) is 0 Å². The van der Waals surface area contributed by atoms with Crippen molar-refractivity contribution in [2.75, 3.05) is 7.11 Å². The van der Waals surface area contributed by atoms with Gasteiger partial charge >= 0.3 is 0 Å². The first-order valence-corrected chi connectivity index (χ1v) is 4.36. The molecule has 0 fully saturated rings. The van der Waals surface area contributed by atoms with Gasteiger partial charge in [-0.05, 0) is 17.7 Å². The molecular weight excluding hydrogens is 180 g/mol. The topological polar surface area (TPSA) is 61.3 Å². The fraction of sp³-hybridized carbons (Fsp3) is 0.300. The van der Waals surface area contributed by atoms with Gasteiger partial charge in [0.2, 0.25) is 0 Å². The number of nitrogens with two attached hydrogens (primary N) is 1. The maximum Gasteiger partial charge on any atom is 0.192 e. The fourth-order valence-corrected chi connectivity index (χ4v) is 1.37. The third-order valence-electron chi connectivity index (χ3n) is 2.10. The molecule has 0 spiro atoms. The third kappa shape index (κ3) is 1.49. The molecule has 4 nitrogen and oxygen atoms in total. The van der Waals surface area contributed by atoms with Crippen LogP contribution in [0, 0.1) is 6.92 Å². The molecule has 0 bridgehead atoms. The molecule has 0 aliphatic carbocycles. The Bertz CT molecular complexity index is 450. The summed E-state index contributed by atoms with van der Waals surface area (Å²) in [6.45, 7) is 1.82. The Morgan fingerprint density at radius 1 is 1.50 bits per heavy atom. The molecule has 2 aromatic rings. The second-order valence-electron chi connectivity index (χ2n) is 3.12. The van der Waals surface area contributed by atoms with Crippen LogP contribution < -0.4 is 5.73 Å². The minimum Gasteiger partial charge on any atom is -0.441 e. The lowest BCUT2D eigenvalue weighted by atomic mass is 10.2. The smallest absolute Gasteiger partial charge is 0.192 e. The molecule has 74 valence electrons. The molecule has 2 rings (SSSR count). The van der Waals surface area contributed by atoms with Crippen LogP contribution in [0.1, 0.15) is 17.7 Å². The van der Waals surface area contributed by atoms with Crippen LogP contribution in [0.4, 0.5) is 0 Å². The van der Waals surface area contributed by atoms with Crippen molar-refractivity contribution in [1.82, 2.24) is 4.98 Å². The van der Waals surface area contributed by atoms with Crippen LogP contribution >= 0.6 is 0 Å². The normalized spacial score (nSPS) is 13.4. The van der Waals surface area contributed by atoms with Gasteiger partial charge in [-0.3, -0.25) is 0 Å². The molecule has 4 heteroatoms. The minimum absolute atomic E-state index is 0.406. The molecule has 1 atom stereocenters. The summed E-state index contributed by atoms with van der Waals surface area (Å²) in [5.41, 5.74) is 8.19. The summed E-state index contributed by atoms with van der Waals surface area (Å²) in [6, 6.07) is 5.60. The Morgan fingerprint density at radius 2 is 2.29 bits per heavy atom. The number of ether oxygens (including phenoxy) is 1. The standard InChI is InChI=1S/C10H12N2O2/c1-6-12-8-5-7(10(11)13-2)3-4-9(8)14-6/h3-5,10H,11H2,1-2H3. The number of aromatic nitrogens is 1. The van der Waals surface area contributed by atoms with Crippen molar-refractivity contribution in [3.05, 3.63) is 29.7 Å². The van der Waals surface area contributed by atoms with Gasteiger partial charge in [0.1, 0.15) is 11.7 Å². The Morgan fingerprint density at radius 3 is 3.00 bits per heavy atom. The molecule has 1 aromatic carbocycles. The highest BCUT2D eigenvalue weighted by Gasteiger charge is 2.07. The molecule has 0 radical (unpaired) electrons. The minimum atomic E-state index is -0.406. The first-order valence-electron chi connectivity index (χ1n) is 4.36. The van der Waals surface area contributed by atoms with Crippen molar-refractivity contribution in [2.45, 2.75) is 13.2 Å². The van der Waals surface area contributed by atoms with Crippen molar-refractivity contribution in [3.8, 4) is 0 Å². The summed E-state index contributed by atoms with van der Waals surface area (Å²) < 4.78 is 10.4. The number of benzene rings is 1. The SMILES string of the molecule is COC(N)c1ccc2oc(C)nc2c1. The first kappa shape index (κ1) is 9.18. The molecule has 0 aliphatic rings. The summed E-state index contributed by atoms with van der Waals surface area (Å²) in [5, 5.41) is 0. The quantitative estimate of drug-likeness (QED) is 0.736. The maximum absolute atomic E-state index is 5.71. The van der Waals surface area contributed by atoms with E-state index in [1.165, 1.54) is 0 Å². The Balaban J connectivity index is 2.50. The summed E-state index contributed by atoms with van der Waals surface area (Å²) >= 11 is 0. The molecule has 0 saturated carbocycles. The summed E-state index contributed by atoms with van der Waals surface area (Å²) in [6.07, 6.45) is -0.406. The van der Waals surface area contributed by atoms with Gasteiger partial charge in [0.05, 0.1) is 0 Å². The Labute approximate surface area is 81.7 Å². The molecule has 1 unspecified atom stereocenters. The van der Waals surface area contributed by atoms with Crippen molar-refractivity contribution < 1.29 is 9.15 Å². The number of fused-ring (bicyclic) bond motifs is 1. The number of hydrogen-bond donors (Lipinski definition) is 1. The van der Waals surface area contributed by atoms with E-state index in [9.17, 15) is 0 Å². The second-order valence-corrected chi connectivity index (χ2v) is 3.12. The maximum atomic E-state index is 5.71. The van der Waals surface area contributed by atoms with E-state index in [4.69, 9.17) is 14.9 Å². The van der Waals surface area contributed by atoms with Crippen LogP contribution in [-0.4, -0.2) is 12.1 Å². The van der Waals surface area contributed by atoms with Crippen LogP contribution in [0.5, 0.6) is 0 Å². The Kier molecular flexibility index (Phi) is 2.23. The van der Waals surface area contributed by atoms with E-state index in [0.717, 1.165) is 16.7 Å². The van der Waals surface area contributed by atoms with Gasteiger partial charge in [-0.25, -0.2) is 4.98 Å². The zero-order valence-corrected chi connectivity index (χ0v) is 8.15. The van der Waals surface area contributed by atoms with E-state index in [1.807, 2.05) is 25.1 Å². The van der Waals surface area contributed by atoms with Gasteiger partial charge in [-0.2, -0.15) is 0 Å². The average molecular weight is 192 g/mol.